The molecular formula is C17H27NO2. The van der Waals surface area contributed by atoms with Crippen LogP contribution in [0, 0.1) is 0 Å². The second kappa shape index (κ2) is 8.28. The van der Waals surface area contributed by atoms with E-state index < -0.39 is 0 Å². The van der Waals surface area contributed by atoms with Gasteiger partial charge in [-0.2, -0.15) is 0 Å². The van der Waals surface area contributed by atoms with Crippen LogP contribution >= 0.6 is 0 Å². The summed E-state index contributed by atoms with van der Waals surface area (Å²) >= 11 is 0. The summed E-state index contributed by atoms with van der Waals surface area (Å²) in [7, 11) is 1.74. The number of nitrogens with one attached hydrogen (secondary N) is 1. The molecule has 1 aromatic carbocycles. The van der Waals surface area contributed by atoms with Gasteiger partial charge in [0.25, 0.3) is 0 Å². The molecule has 1 aliphatic rings. The lowest BCUT2D eigenvalue weighted by Crippen LogP contribution is -2.28. The highest BCUT2D eigenvalue weighted by molar-refractivity contribution is 5.27. The lowest BCUT2D eigenvalue weighted by molar-refractivity contribution is 0.201. The lowest BCUT2D eigenvalue weighted by Gasteiger charge is -2.15. The van der Waals surface area contributed by atoms with Crippen LogP contribution in [-0.4, -0.2) is 32.4 Å². The highest BCUT2D eigenvalue weighted by Crippen LogP contribution is 2.25. The summed E-state index contributed by atoms with van der Waals surface area (Å²) in [6.07, 6.45) is 6.05. The second-order valence-corrected chi connectivity index (χ2v) is 5.59. The summed E-state index contributed by atoms with van der Waals surface area (Å²) in [5, 5.41) is 3.59. The first kappa shape index (κ1) is 15.3. The van der Waals surface area contributed by atoms with E-state index in [1.165, 1.54) is 18.4 Å². The Hall–Kier alpha value is -1.06. The van der Waals surface area contributed by atoms with Gasteiger partial charge in [0.2, 0.25) is 0 Å². The molecule has 0 aromatic heterocycles. The fraction of sp³-hybridized carbons (Fsp3) is 0.647. The van der Waals surface area contributed by atoms with Gasteiger partial charge in [0.1, 0.15) is 11.9 Å². The van der Waals surface area contributed by atoms with Crippen molar-refractivity contribution < 1.29 is 9.47 Å². The highest BCUT2D eigenvalue weighted by atomic mass is 16.5. The van der Waals surface area contributed by atoms with Crippen LogP contribution in [-0.2, 0) is 11.2 Å². The first-order valence-corrected chi connectivity index (χ1v) is 7.79. The Morgan fingerprint density at radius 1 is 1.20 bits per heavy atom. The van der Waals surface area contributed by atoms with Crippen LogP contribution in [0.4, 0.5) is 0 Å². The monoisotopic (exact) mass is 277 g/mol. The minimum absolute atomic E-state index is 0.370. The molecule has 112 valence electrons. The average Bonchev–Trinajstić information content (AvgIpc) is 2.92. The Morgan fingerprint density at radius 3 is 2.70 bits per heavy atom. The van der Waals surface area contributed by atoms with Crippen molar-refractivity contribution in [3.8, 4) is 5.75 Å². The molecular weight excluding hydrogens is 250 g/mol. The first-order chi connectivity index (χ1) is 9.81. The van der Waals surface area contributed by atoms with Crippen molar-refractivity contribution in [2.75, 3.05) is 20.3 Å². The summed E-state index contributed by atoms with van der Waals surface area (Å²) in [5.74, 6) is 0.993. The summed E-state index contributed by atoms with van der Waals surface area (Å²) in [5.41, 5.74) is 1.30. The first-order valence-electron chi connectivity index (χ1n) is 7.79. The van der Waals surface area contributed by atoms with Gasteiger partial charge in [-0.1, -0.05) is 19.1 Å². The van der Waals surface area contributed by atoms with Gasteiger partial charge >= 0.3 is 0 Å². The van der Waals surface area contributed by atoms with Crippen molar-refractivity contribution in [2.24, 2.45) is 0 Å². The van der Waals surface area contributed by atoms with Gasteiger partial charge in [-0.25, -0.2) is 0 Å². The fourth-order valence-electron chi connectivity index (χ4n) is 2.73. The molecule has 3 heteroatoms. The minimum Gasteiger partial charge on any atom is -0.490 e. The molecule has 0 aliphatic heterocycles. The van der Waals surface area contributed by atoms with E-state index in [2.05, 4.69) is 36.5 Å². The average molecular weight is 277 g/mol. The zero-order valence-electron chi connectivity index (χ0n) is 12.7. The summed E-state index contributed by atoms with van der Waals surface area (Å²) in [6.45, 7) is 4.10. The molecule has 2 rings (SSSR count). The third kappa shape index (κ3) is 4.80. The maximum absolute atomic E-state index is 6.07. The van der Waals surface area contributed by atoms with Crippen LogP contribution in [0.3, 0.4) is 0 Å². The molecule has 0 saturated heterocycles. The number of hydrogen-bond donors (Lipinski definition) is 1. The van der Waals surface area contributed by atoms with E-state index in [-0.39, 0.29) is 0 Å². The fourth-order valence-corrected chi connectivity index (χ4v) is 2.73. The largest absolute Gasteiger partial charge is 0.490 e. The molecule has 1 aromatic rings. The number of rotatable bonds is 8. The zero-order chi connectivity index (χ0) is 14.2. The van der Waals surface area contributed by atoms with Gasteiger partial charge < -0.3 is 14.8 Å². The van der Waals surface area contributed by atoms with Gasteiger partial charge in [0.05, 0.1) is 6.61 Å². The van der Waals surface area contributed by atoms with Crippen molar-refractivity contribution in [3.63, 3.8) is 0 Å². The van der Waals surface area contributed by atoms with Gasteiger partial charge in [-0.3, -0.25) is 0 Å². The molecule has 20 heavy (non-hydrogen) atoms. The van der Waals surface area contributed by atoms with Crippen molar-refractivity contribution in [3.05, 3.63) is 29.8 Å². The Balaban J connectivity index is 1.76. The molecule has 0 bridgehead atoms. The van der Waals surface area contributed by atoms with Crippen LogP contribution < -0.4 is 10.1 Å². The molecule has 1 saturated carbocycles. The molecule has 2 atom stereocenters. The maximum atomic E-state index is 6.07. The predicted octanol–water partition coefficient (Wildman–Crippen LogP) is 3.18. The summed E-state index contributed by atoms with van der Waals surface area (Å²) < 4.78 is 11.2. The number of benzene rings is 1. The van der Waals surface area contributed by atoms with Crippen molar-refractivity contribution in [1.29, 1.82) is 0 Å². The second-order valence-electron chi connectivity index (χ2n) is 5.59. The quantitative estimate of drug-likeness (QED) is 0.791. The molecule has 0 radical (unpaired) electrons. The molecule has 1 N–H and O–H groups in total. The highest BCUT2D eigenvalue weighted by Gasteiger charge is 2.25. The Morgan fingerprint density at radius 2 is 2.00 bits per heavy atom. The van der Waals surface area contributed by atoms with Crippen molar-refractivity contribution >= 4 is 0 Å². The third-order valence-electron chi connectivity index (χ3n) is 3.89. The van der Waals surface area contributed by atoms with Crippen LogP contribution in [0.2, 0.25) is 0 Å². The van der Waals surface area contributed by atoms with E-state index in [4.69, 9.17) is 9.47 Å². The van der Waals surface area contributed by atoms with E-state index in [0.717, 1.165) is 38.2 Å². The maximum Gasteiger partial charge on any atom is 0.119 e. The van der Waals surface area contributed by atoms with Crippen LogP contribution in [0.5, 0.6) is 5.75 Å². The van der Waals surface area contributed by atoms with Gasteiger partial charge in [-0.05, 0) is 56.3 Å². The Bertz CT molecular complexity index is 377. The van der Waals surface area contributed by atoms with Gasteiger partial charge in [-0.15, -0.1) is 0 Å². The molecule has 1 fully saturated rings. The summed E-state index contributed by atoms with van der Waals surface area (Å²) in [6, 6.07) is 9.07. The summed E-state index contributed by atoms with van der Waals surface area (Å²) in [4.78, 5) is 0. The standard InChI is InChI=1S/C17H27NO2/c1-3-11-18-15-6-9-17(13-15)20-16-7-4-14(5-8-16)10-12-19-2/h4-5,7-8,15,17-18H,3,6,9-13H2,1-2H3. The van der Waals surface area contributed by atoms with Gasteiger partial charge in [0, 0.05) is 13.2 Å². The Kier molecular flexibility index (Phi) is 6.34. The molecule has 1 aliphatic carbocycles. The van der Waals surface area contributed by atoms with E-state index >= 15 is 0 Å². The molecule has 0 heterocycles. The van der Waals surface area contributed by atoms with E-state index in [1.807, 2.05) is 0 Å². The molecule has 0 amide bonds. The molecule has 2 unspecified atom stereocenters. The lowest BCUT2D eigenvalue weighted by atomic mass is 10.1. The topological polar surface area (TPSA) is 30.5 Å². The molecule has 3 nitrogen and oxygen atoms in total. The predicted molar refractivity (Wildman–Crippen MR) is 82.4 cm³/mol. The van der Waals surface area contributed by atoms with Gasteiger partial charge in [0.15, 0.2) is 0 Å². The van der Waals surface area contributed by atoms with E-state index in [1.54, 1.807) is 7.11 Å². The van der Waals surface area contributed by atoms with Crippen molar-refractivity contribution in [2.45, 2.75) is 51.2 Å². The van der Waals surface area contributed by atoms with E-state index in [9.17, 15) is 0 Å². The number of hydrogen-bond acceptors (Lipinski definition) is 3. The van der Waals surface area contributed by atoms with Crippen molar-refractivity contribution in [1.82, 2.24) is 5.32 Å². The zero-order valence-corrected chi connectivity index (χ0v) is 12.7. The normalized spacial score (nSPS) is 22.1. The van der Waals surface area contributed by atoms with Crippen LogP contribution in [0.1, 0.15) is 38.2 Å². The SMILES string of the molecule is CCCNC1CCC(Oc2ccc(CCOC)cc2)C1. The Labute approximate surface area is 122 Å². The smallest absolute Gasteiger partial charge is 0.119 e. The third-order valence-corrected chi connectivity index (χ3v) is 3.89. The minimum atomic E-state index is 0.370. The van der Waals surface area contributed by atoms with Crippen LogP contribution in [0.15, 0.2) is 24.3 Å². The van der Waals surface area contributed by atoms with Crippen LogP contribution in [0.25, 0.3) is 0 Å². The number of ether oxygens (including phenoxy) is 2. The number of methoxy groups -OCH3 is 1. The molecule has 0 spiro atoms. The van der Waals surface area contributed by atoms with E-state index in [0.29, 0.717) is 12.1 Å².